The highest BCUT2D eigenvalue weighted by Crippen LogP contribution is 2.16. The minimum absolute atomic E-state index is 0.0486. The maximum absolute atomic E-state index is 12.0. The number of nitrogens with zero attached hydrogens (tertiary/aromatic N) is 1. The molecule has 17 heavy (non-hydrogen) atoms. The molecule has 2 N–H and O–H groups in total. The number of nitrogens with one attached hydrogen (secondary N) is 1. The second kappa shape index (κ2) is 7.67. The standard InChI is InChI=1S/C13H26N2O2/c1-3-11(16)8-9-14-13(17)12-7-5-6-10-15(12)4-2/h11-12,16H,3-10H2,1-2H3,(H,14,17). The third-order valence-electron chi connectivity index (χ3n) is 3.57. The quantitative estimate of drug-likeness (QED) is 0.734. The molecule has 1 amide bonds. The molecule has 2 unspecified atom stereocenters. The number of aliphatic hydroxyl groups is 1. The van der Waals surface area contributed by atoms with Gasteiger partial charge in [0, 0.05) is 6.54 Å². The lowest BCUT2D eigenvalue weighted by molar-refractivity contribution is -0.127. The van der Waals surface area contributed by atoms with E-state index in [2.05, 4.69) is 17.1 Å². The summed E-state index contributed by atoms with van der Waals surface area (Å²) in [5, 5.41) is 12.4. The van der Waals surface area contributed by atoms with Crippen LogP contribution in [0.15, 0.2) is 0 Å². The van der Waals surface area contributed by atoms with E-state index in [1.165, 1.54) is 6.42 Å². The average Bonchev–Trinajstić information content (AvgIpc) is 2.38. The molecule has 100 valence electrons. The van der Waals surface area contributed by atoms with Crippen LogP contribution < -0.4 is 5.32 Å². The number of hydrogen-bond acceptors (Lipinski definition) is 3. The lowest BCUT2D eigenvalue weighted by Gasteiger charge is -2.33. The predicted octanol–water partition coefficient (Wildman–Crippen LogP) is 1.14. The maximum atomic E-state index is 12.0. The van der Waals surface area contributed by atoms with E-state index in [4.69, 9.17) is 0 Å². The Morgan fingerprint density at radius 1 is 1.47 bits per heavy atom. The number of likely N-dealkylation sites (tertiary alicyclic amines) is 1. The van der Waals surface area contributed by atoms with Gasteiger partial charge in [0.1, 0.15) is 0 Å². The molecule has 1 aliphatic rings. The van der Waals surface area contributed by atoms with E-state index in [1.54, 1.807) is 0 Å². The van der Waals surface area contributed by atoms with Gasteiger partial charge in [0.05, 0.1) is 12.1 Å². The zero-order valence-corrected chi connectivity index (χ0v) is 11.1. The molecule has 4 nitrogen and oxygen atoms in total. The van der Waals surface area contributed by atoms with Gasteiger partial charge in [-0.2, -0.15) is 0 Å². The molecule has 0 spiro atoms. The normalized spacial score (nSPS) is 23.4. The fraction of sp³-hybridized carbons (Fsp3) is 0.923. The number of hydrogen-bond donors (Lipinski definition) is 2. The van der Waals surface area contributed by atoms with Crippen LogP contribution in [0.1, 0.15) is 46.0 Å². The molecule has 0 radical (unpaired) electrons. The topological polar surface area (TPSA) is 52.6 Å². The van der Waals surface area contributed by atoms with Gasteiger partial charge in [-0.25, -0.2) is 0 Å². The van der Waals surface area contributed by atoms with Gasteiger partial charge in [-0.15, -0.1) is 0 Å². The van der Waals surface area contributed by atoms with Gasteiger partial charge in [0.25, 0.3) is 0 Å². The molecule has 0 aromatic rings. The molecule has 0 aromatic carbocycles. The van der Waals surface area contributed by atoms with Crippen LogP contribution in [0.3, 0.4) is 0 Å². The molecule has 1 heterocycles. The Balaban J connectivity index is 2.30. The van der Waals surface area contributed by atoms with Crippen LogP contribution in [0, 0.1) is 0 Å². The van der Waals surface area contributed by atoms with Crippen molar-refractivity contribution in [3.63, 3.8) is 0 Å². The van der Waals surface area contributed by atoms with Gasteiger partial charge >= 0.3 is 0 Å². The number of likely N-dealkylation sites (N-methyl/N-ethyl adjacent to an activating group) is 1. The van der Waals surface area contributed by atoms with Crippen LogP contribution in [0.25, 0.3) is 0 Å². The fourth-order valence-electron chi connectivity index (χ4n) is 2.35. The number of carbonyl (C=O) groups excluding carboxylic acids is 1. The Morgan fingerprint density at radius 2 is 2.24 bits per heavy atom. The largest absolute Gasteiger partial charge is 0.393 e. The first-order valence-electron chi connectivity index (χ1n) is 6.88. The van der Waals surface area contributed by atoms with Crippen molar-refractivity contribution in [3.8, 4) is 0 Å². The molecule has 1 rings (SSSR count). The molecule has 0 saturated carbocycles. The summed E-state index contributed by atoms with van der Waals surface area (Å²) < 4.78 is 0. The molecular weight excluding hydrogens is 216 g/mol. The highest BCUT2D eigenvalue weighted by atomic mass is 16.3. The molecule has 4 heteroatoms. The zero-order valence-electron chi connectivity index (χ0n) is 11.1. The van der Waals surface area contributed by atoms with E-state index in [0.717, 1.165) is 32.4 Å². The van der Waals surface area contributed by atoms with Crippen LogP contribution in [0.4, 0.5) is 0 Å². The second-order valence-corrected chi connectivity index (χ2v) is 4.78. The van der Waals surface area contributed by atoms with Crippen molar-refractivity contribution < 1.29 is 9.90 Å². The van der Waals surface area contributed by atoms with Crippen LogP contribution in [0.2, 0.25) is 0 Å². The lowest BCUT2D eigenvalue weighted by Crippen LogP contribution is -2.49. The molecule has 0 aromatic heterocycles. The first-order chi connectivity index (χ1) is 8.19. The molecule has 0 bridgehead atoms. The van der Waals surface area contributed by atoms with Gasteiger partial charge < -0.3 is 10.4 Å². The van der Waals surface area contributed by atoms with E-state index >= 15 is 0 Å². The maximum Gasteiger partial charge on any atom is 0.237 e. The van der Waals surface area contributed by atoms with Gasteiger partial charge in [0.2, 0.25) is 5.91 Å². The smallest absolute Gasteiger partial charge is 0.237 e. The number of amides is 1. The van der Waals surface area contributed by atoms with Crippen molar-refractivity contribution in [1.82, 2.24) is 10.2 Å². The molecule has 2 atom stereocenters. The molecule has 0 aliphatic carbocycles. The monoisotopic (exact) mass is 242 g/mol. The summed E-state index contributed by atoms with van der Waals surface area (Å²) >= 11 is 0. The first-order valence-corrected chi connectivity index (χ1v) is 6.88. The number of carbonyl (C=O) groups is 1. The Labute approximate surface area is 104 Å². The predicted molar refractivity (Wildman–Crippen MR) is 68.8 cm³/mol. The lowest BCUT2D eigenvalue weighted by atomic mass is 10.0. The van der Waals surface area contributed by atoms with Crippen molar-refractivity contribution in [1.29, 1.82) is 0 Å². The highest BCUT2D eigenvalue weighted by molar-refractivity contribution is 5.81. The highest BCUT2D eigenvalue weighted by Gasteiger charge is 2.26. The van der Waals surface area contributed by atoms with Crippen molar-refractivity contribution in [3.05, 3.63) is 0 Å². The van der Waals surface area contributed by atoms with Crippen LogP contribution >= 0.6 is 0 Å². The molecular formula is C13H26N2O2. The van der Waals surface area contributed by atoms with Crippen LogP contribution in [-0.4, -0.2) is 47.7 Å². The van der Waals surface area contributed by atoms with E-state index in [1.807, 2.05) is 6.92 Å². The van der Waals surface area contributed by atoms with Gasteiger partial charge in [0.15, 0.2) is 0 Å². The zero-order chi connectivity index (χ0) is 12.7. The number of rotatable bonds is 6. The third kappa shape index (κ3) is 4.64. The van der Waals surface area contributed by atoms with E-state index in [9.17, 15) is 9.90 Å². The third-order valence-corrected chi connectivity index (χ3v) is 3.57. The fourth-order valence-corrected chi connectivity index (χ4v) is 2.35. The van der Waals surface area contributed by atoms with Crippen molar-refractivity contribution in [2.45, 2.75) is 58.1 Å². The average molecular weight is 242 g/mol. The SMILES string of the molecule is CCC(O)CCNC(=O)C1CCCCN1CC. The summed E-state index contributed by atoms with van der Waals surface area (Å²) in [4.78, 5) is 14.2. The molecule has 1 aliphatic heterocycles. The van der Waals surface area contributed by atoms with Crippen LogP contribution in [-0.2, 0) is 4.79 Å². The van der Waals surface area contributed by atoms with E-state index in [0.29, 0.717) is 13.0 Å². The second-order valence-electron chi connectivity index (χ2n) is 4.78. The molecule has 1 fully saturated rings. The Bertz CT molecular complexity index is 233. The summed E-state index contributed by atoms with van der Waals surface area (Å²) in [6, 6.07) is 0.0486. The first kappa shape index (κ1) is 14.5. The number of aliphatic hydroxyl groups excluding tert-OH is 1. The summed E-state index contributed by atoms with van der Waals surface area (Å²) in [6.45, 7) is 6.61. The minimum atomic E-state index is -0.288. The van der Waals surface area contributed by atoms with Crippen molar-refractivity contribution in [2.24, 2.45) is 0 Å². The van der Waals surface area contributed by atoms with Gasteiger partial charge in [-0.1, -0.05) is 20.3 Å². The van der Waals surface area contributed by atoms with Crippen LogP contribution in [0.5, 0.6) is 0 Å². The number of piperidine rings is 1. The van der Waals surface area contributed by atoms with Crippen molar-refractivity contribution in [2.75, 3.05) is 19.6 Å². The summed E-state index contributed by atoms with van der Waals surface area (Å²) in [7, 11) is 0. The van der Waals surface area contributed by atoms with Crippen molar-refractivity contribution >= 4 is 5.91 Å². The van der Waals surface area contributed by atoms with E-state index in [-0.39, 0.29) is 18.1 Å². The summed E-state index contributed by atoms with van der Waals surface area (Å²) in [5.41, 5.74) is 0. The van der Waals surface area contributed by atoms with Gasteiger partial charge in [-0.3, -0.25) is 9.69 Å². The minimum Gasteiger partial charge on any atom is -0.393 e. The van der Waals surface area contributed by atoms with E-state index < -0.39 is 0 Å². The Hall–Kier alpha value is -0.610. The summed E-state index contributed by atoms with van der Waals surface area (Å²) in [5.74, 6) is 0.134. The van der Waals surface area contributed by atoms with Gasteiger partial charge in [-0.05, 0) is 38.8 Å². The molecule has 1 saturated heterocycles. The Morgan fingerprint density at radius 3 is 2.88 bits per heavy atom. The Kier molecular flexibility index (Phi) is 6.52. The summed E-state index contributed by atoms with van der Waals surface area (Å²) in [6.07, 6.45) is 4.43.